The number of likely N-dealkylation sites (tertiary alicyclic amines) is 1. The molecule has 1 fully saturated rings. The zero-order chi connectivity index (χ0) is 15.3. The molecule has 0 spiro atoms. The van der Waals surface area contributed by atoms with Crippen LogP contribution >= 0.6 is 0 Å². The monoisotopic (exact) mass is 292 g/mol. The van der Waals surface area contributed by atoms with Crippen LogP contribution in [-0.2, 0) is 13.1 Å². The number of nitrogens with one attached hydrogen (secondary N) is 1. The van der Waals surface area contributed by atoms with Gasteiger partial charge in [-0.3, -0.25) is 4.90 Å². The quantitative estimate of drug-likeness (QED) is 0.818. The van der Waals surface area contributed by atoms with Gasteiger partial charge in [0.25, 0.3) is 0 Å². The van der Waals surface area contributed by atoms with Crippen LogP contribution in [-0.4, -0.2) is 24.5 Å². The Morgan fingerprint density at radius 1 is 1.24 bits per heavy atom. The second-order valence-corrected chi connectivity index (χ2v) is 6.37. The Morgan fingerprint density at radius 3 is 2.62 bits per heavy atom. The first-order valence-electron chi connectivity index (χ1n) is 8.33. The van der Waals surface area contributed by atoms with Crippen molar-refractivity contribution in [2.45, 2.75) is 53.1 Å². The highest BCUT2D eigenvalue weighted by Crippen LogP contribution is 2.37. The summed E-state index contributed by atoms with van der Waals surface area (Å²) in [5, 5.41) is 3.30. The molecule has 1 aromatic rings. The number of hydrogen-bond acceptors (Lipinski definition) is 2. The third-order valence-electron chi connectivity index (χ3n) is 5.10. The van der Waals surface area contributed by atoms with Crippen LogP contribution in [0.2, 0.25) is 0 Å². The van der Waals surface area contributed by atoms with E-state index in [1.165, 1.54) is 24.8 Å². The van der Waals surface area contributed by atoms with E-state index in [0.29, 0.717) is 5.41 Å². The highest BCUT2D eigenvalue weighted by molar-refractivity contribution is 5.25. The van der Waals surface area contributed by atoms with Crippen molar-refractivity contribution in [3.05, 3.63) is 35.1 Å². The van der Waals surface area contributed by atoms with Crippen molar-refractivity contribution in [3.63, 3.8) is 0 Å². The van der Waals surface area contributed by atoms with Crippen LogP contribution in [0, 0.1) is 11.2 Å². The van der Waals surface area contributed by atoms with Crippen molar-refractivity contribution in [2.75, 3.05) is 19.6 Å². The zero-order valence-electron chi connectivity index (χ0n) is 13.7. The Balaban J connectivity index is 2.02. The molecule has 0 saturated carbocycles. The van der Waals surface area contributed by atoms with Crippen LogP contribution in [0.25, 0.3) is 0 Å². The van der Waals surface area contributed by atoms with Gasteiger partial charge in [0.05, 0.1) is 0 Å². The van der Waals surface area contributed by atoms with Crippen LogP contribution in [0.3, 0.4) is 0 Å². The minimum atomic E-state index is -0.0688. The minimum absolute atomic E-state index is 0.0688. The first-order valence-corrected chi connectivity index (χ1v) is 8.33. The van der Waals surface area contributed by atoms with E-state index < -0.39 is 0 Å². The Bertz CT molecular complexity index is 455. The largest absolute Gasteiger partial charge is 0.313 e. The molecule has 0 bridgehead atoms. The van der Waals surface area contributed by atoms with Crippen molar-refractivity contribution < 1.29 is 4.39 Å². The second-order valence-electron chi connectivity index (χ2n) is 6.37. The summed E-state index contributed by atoms with van der Waals surface area (Å²) in [6.07, 6.45) is 3.70. The lowest BCUT2D eigenvalue weighted by Gasteiger charge is -2.26. The highest BCUT2D eigenvalue weighted by atomic mass is 19.1. The third kappa shape index (κ3) is 4.04. The number of nitrogens with zero attached hydrogens (tertiary/aromatic N) is 1. The summed E-state index contributed by atoms with van der Waals surface area (Å²) in [4.78, 5) is 2.42. The normalized spacial score (nSPS) is 18.3. The summed E-state index contributed by atoms with van der Waals surface area (Å²) >= 11 is 0. The van der Waals surface area contributed by atoms with Crippen LogP contribution < -0.4 is 5.32 Å². The van der Waals surface area contributed by atoms with Gasteiger partial charge in [-0.05, 0) is 49.4 Å². The molecule has 0 radical (unpaired) electrons. The molecule has 1 saturated heterocycles. The second kappa shape index (κ2) is 7.37. The fourth-order valence-electron chi connectivity index (χ4n) is 3.36. The summed E-state index contributed by atoms with van der Waals surface area (Å²) < 4.78 is 14.1. The van der Waals surface area contributed by atoms with Crippen molar-refractivity contribution in [3.8, 4) is 0 Å². The molecule has 0 atom stereocenters. The molecule has 3 heteroatoms. The van der Waals surface area contributed by atoms with Crippen molar-refractivity contribution in [1.82, 2.24) is 10.2 Å². The maximum absolute atomic E-state index is 14.1. The molecule has 2 nitrogen and oxygen atoms in total. The van der Waals surface area contributed by atoms with Gasteiger partial charge in [-0.25, -0.2) is 4.39 Å². The van der Waals surface area contributed by atoms with Crippen LogP contribution in [0.15, 0.2) is 18.2 Å². The fraction of sp³-hybridized carbons (Fsp3) is 0.667. The van der Waals surface area contributed by atoms with E-state index in [1.54, 1.807) is 6.07 Å². The molecule has 0 amide bonds. The molecule has 118 valence electrons. The SMILES string of the molecule is CCNCc1ccc(F)c(CN2CCC(CC)(CC)C2)c1. The molecular formula is C18H29FN2. The number of rotatable bonds is 7. The van der Waals surface area contributed by atoms with E-state index >= 15 is 0 Å². The summed E-state index contributed by atoms with van der Waals surface area (Å²) in [6.45, 7) is 11.4. The number of benzene rings is 1. The van der Waals surface area contributed by atoms with Gasteiger partial charge in [-0.1, -0.05) is 32.9 Å². The average Bonchev–Trinajstić information content (AvgIpc) is 2.92. The average molecular weight is 292 g/mol. The standard InChI is InChI=1S/C18H29FN2/c1-4-18(5-2)9-10-21(14-18)13-16-11-15(12-20-6-3)7-8-17(16)19/h7-8,11,20H,4-6,9-10,12-14H2,1-3H3. The van der Waals surface area contributed by atoms with Gasteiger partial charge in [0.15, 0.2) is 0 Å². The topological polar surface area (TPSA) is 15.3 Å². The first-order chi connectivity index (χ1) is 10.1. The van der Waals surface area contributed by atoms with Gasteiger partial charge < -0.3 is 5.32 Å². The number of halogens is 1. The first kappa shape index (κ1) is 16.4. The van der Waals surface area contributed by atoms with E-state index in [4.69, 9.17) is 0 Å². The van der Waals surface area contributed by atoms with E-state index in [2.05, 4.69) is 31.0 Å². The smallest absolute Gasteiger partial charge is 0.127 e. The van der Waals surface area contributed by atoms with Crippen molar-refractivity contribution in [2.24, 2.45) is 5.41 Å². The van der Waals surface area contributed by atoms with Gasteiger partial charge >= 0.3 is 0 Å². The number of hydrogen-bond donors (Lipinski definition) is 1. The lowest BCUT2D eigenvalue weighted by molar-refractivity contribution is 0.234. The van der Waals surface area contributed by atoms with E-state index in [0.717, 1.165) is 38.3 Å². The Kier molecular flexibility index (Phi) is 5.77. The van der Waals surface area contributed by atoms with Gasteiger partial charge in [0.2, 0.25) is 0 Å². The fourth-order valence-corrected chi connectivity index (χ4v) is 3.36. The van der Waals surface area contributed by atoms with Gasteiger partial charge in [-0.2, -0.15) is 0 Å². The van der Waals surface area contributed by atoms with Gasteiger partial charge in [0.1, 0.15) is 5.82 Å². The summed E-state index contributed by atoms with van der Waals surface area (Å²) in [5.74, 6) is -0.0688. The molecule has 2 rings (SSSR count). The van der Waals surface area contributed by atoms with Crippen LogP contribution in [0.5, 0.6) is 0 Å². The molecule has 0 unspecified atom stereocenters. The molecule has 1 aliphatic rings. The zero-order valence-corrected chi connectivity index (χ0v) is 13.7. The predicted molar refractivity (Wildman–Crippen MR) is 86.7 cm³/mol. The van der Waals surface area contributed by atoms with Crippen LogP contribution in [0.1, 0.15) is 51.2 Å². The maximum Gasteiger partial charge on any atom is 0.127 e. The summed E-state index contributed by atoms with van der Waals surface area (Å²) in [7, 11) is 0. The van der Waals surface area contributed by atoms with E-state index in [9.17, 15) is 4.39 Å². The van der Waals surface area contributed by atoms with E-state index in [1.807, 2.05) is 12.1 Å². The van der Waals surface area contributed by atoms with Crippen LogP contribution in [0.4, 0.5) is 4.39 Å². The van der Waals surface area contributed by atoms with Gasteiger partial charge in [0, 0.05) is 25.2 Å². The van der Waals surface area contributed by atoms with Gasteiger partial charge in [-0.15, -0.1) is 0 Å². The van der Waals surface area contributed by atoms with Crippen molar-refractivity contribution >= 4 is 0 Å². The molecular weight excluding hydrogens is 263 g/mol. The predicted octanol–water partition coefficient (Wildman–Crippen LogP) is 3.95. The third-order valence-corrected chi connectivity index (χ3v) is 5.10. The molecule has 0 aromatic heterocycles. The minimum Gasteiger partial charge on any atom is -0.313 e. The molecule has 1 heterocycles. The van der Waals surface area contributed by atoms with E-state index in [-0.39, 0.29) is 5.82 Å². The Labute approximate surface area is 128 Å². The molecule has 0 aliphatic carbocycles. The molecule has 1 aliphatic heterocycles. The summed E-state index contributed by atoms with van der Waals surface area (Å²) in [5.41, 5.74) is 2.47. The lowest BCUT2D eigenvalue weighted by atomic mass is 9.82. The van der Waals surface area contributed by atoms with Crippen molar-refractivity contribution in [1.29, 1.82) is 0 Å². The lowest BCUT2D eigenvalue weighted by Crippen LogP contribution is -2.26. The maximum atomic E-state index is 14.1. The Morgan fingerprint density at radius 2 is 2.00 bits per heavy atom. The molecule has 21 heavy (non-hydrogen) atoms. The summed E-state index contributed by atoms with van der Waals surface area (Å²) in [6, 6.07) is 5.52. The molecule has 1 N–H and O–H groups in total. The Hall–Kier alpha value is -0.930. The molecule has 1 aromatic carbocycles. The highest BCUT2D eigenvalue weighted by Gasteiger charge is 2.34.